The van der Waals surface area contributed by atoms with E-state index in [1.54, 1.807) is 16.8 Å². The van der Waals surface area contributed by atoms with Crippen LogP contribution in [0.4, 0.5) is 5.82 Å². The molecule has 2 heterocycles. The fourth-order valence-corrected chi connectivity index (χ4v) is 1.07. The highest BCUT2D eigenvalue weighted by Crippen LogP contribution is 2.06. The maximum absolute atomic E-state index is 5.66. The van der Waals surface area contributed by atoms with Crippen LogP contribution in [0.1, 0.15) is 19.5 Å². The van der Waals surface area contributed by atoms with E-state index in [9.17, 15) is 0 Å². The number of aryl methyl sites for hydroxylation is 1. The maximum Gasteiger partial charge on any atom is 0.157 e. The van der Waals surface area contributed by atoms with Gasteiger partial charge in [-0.3, -0.25) is 0 Å². The lowest BCUT2D eigenvalue weighted by Crippen LogP contribution is -2.00. The van der Waals surface area contributed by atoms with Crippen molar-refractivity contribution in [1.29, 1.82) is 0 Å². The lowest BCUT2D eigenvalue weighted by atomic mass is 10.4. The molecule has 0 aliphatic carbocycles. The van der Waals surface area contributed by atoms with Crippen LogP contribution in [-0.2, 0) is 0 Å². The molecular weight excluding hydrogens is 164 g/mol. The third-order valence-corrected chi connectivity index (χ3v) is 1.51. The van der Waals surface area contributed by atoms with Crippen molar-refractivity contribution in [2.75, 3.05) is 5.73 Å². The number of fused-ring (bicyclic) bond motifs is 1. The molecule has 2 aromatic heterocycles. The van der Waals surface area contributed by atoms with Crippen LogP contribution in [0.15, 0.2) is 18.3 Å². The number of anilines is 1. The number of aromatic nitrogens is 3. The summed E-state index contributed by atoms with van der Waals surface area (Å²) in [6.07, 6.45) is 1.68. The first-order valence-electron chi connectivity index (χ1n) is 4.34. The van der Waals surface area contributed by atoms with Crippen molar-refractivity contribution < 1.29 is 0 Å². The molecule has 0 saturated carbocycles. The minimum absolute atomic E-state index is 0.623. The number of hydrogen-bond donors (Lipinski definition) is 1. The van der Waals surface area contributed by atoms with Crippen molar-refractivity contribution in [3.63, 3.8) is 0 Å². The van der Waals surface area contributed by atoms with Gasteiger partial charge in [0.1, 0.15) is 5.82 Å². The highest BCUT2D eigenvalue weighted by Gasteiger charge is 1.98. The Kier molecular flexibility index (Phi) is 2.84. The number of nitrogen functional groups attached to an aromatic ring is 1. The number of hydrogen-bond acceptors (Lipinski definition) is 3. The first kappa shape index (κ1) is 9.51. The van der Waals surface area contributed by atoms with Gasteiger partial charge in [0.15, 0.2) is 5.65 Å². The summed E-state index contributed by atoms with van der Waals surface area (Å²) in [6.45, 7) is 5.91. The third kappa shape index (κ3) is 1.77. The summed E-state index contributed by atoms with van der Waals surface area (Å²) in [5.74, 6) is 0.623. The van der Waals surface area contributed by atoms with E-state index in [0.717, 1.165) is 11.3 Å². The van der Waals surface area contributed by atoms with Crippen LogP contribution in [-0.4, -0.2) is 14.6 Å². The van der Waals surface area contributed by atoms with E-state index in [4.69, 9.17) is 5.73 Å². The normalized spacial score (nSPS) is 9.46. The zero-order valence-electron chi connectivity index (χ0n) is 8.15. The second-order valence-corrected chi connectivity index (χ2v) is 2.42. The van der Waals surface area contributed by atoms with E-state index in [-0.39, 0.29) is 0 Å². The second-order valence-electron chi connectivity index (χ2n) is 2.42. The first-order valence-corrected chi connectivity index (χ1v) is 4.34. The molecule has 70 valence electrons. The van der Waals surface area contributed by atoms with Crippen LogP contribution in [0.25, 0.3) is 5.65 Å². The lowest BCUT2D eigenvalue weighted by molar-refractivity contribution is 0.942. The summed E-state index contributed by atoms with van der Waals surface area (Å²) in [6, 6.07) is 3.61. The minimum Gasteiger partial charge on any atom is -0.384 e. The van der Waals surface area contributed by atoms with Crippen LogP contribution < -0.4 is 5.73 Å². The molecule has 0 aromatic carbocycles. The van der Waals surface area contributed by atoms with Crippen molar-refractivity contribution in [2.24, 2.45) is 0 Å². The predicted molar refractivity (Wildman–Crippen MR) is 53.5 cm³/mol. The summed E-state index contributed by atoms with van der Waals surface area (Å²) in [4.78, 5) is 4.22. The zero-order valence-corrected chi connectivity index (χ0v) is 8.15. The molecule has 0 saturated heterocycles. The molecule has 2 aromatic rings. The predicted octanol–water partition coefficient (Wildman–Crippen LogP) is 1.65. The topological polar surface area (TPSA) is 56.2 Å². The van der Waals surface area contributed by atoms with Gasteiger partial charge >= 0.3 is 0 Å². The van der Waals surface area contributed by atoms with Gasteiger partial charge in [-0.2, -0.15) is 9.61 Å². The number of rotatable bonds is 0. The average Bonchev–Trinajstić information content (AvgIpc) is 2.55. The van der Waals surface area contributed by atoms with Gasteiger partial charge in [-0.05, 0) is 6.92 Å². The summed E-state index contributed by atoms with van der Waals surface area (Å²) < 4.78 is 1.60. The highest BCUT2D eigenvalue weighted by molar-refractivity contribution is 5.45. The van der Waals surface area contributed by atoms with Gasteiger partial charge in [-0.1, -0.05) is 13.8 Å². The zero-order chi connectivity index (χ0) is 9.84. The largest absolute Gasteiger partial charge is 0.384 e. The first-order chi connectivity index (χ1) is 6.27. The van der Waals surface area contributed by atoms with Gasteiger partial charge in [0.2, 0.25) is 0 Å². The summed E-state index contributed by atoms with van der Waals surface area (Å²) in [5, 5.41) is 3.99. The summed E-state index contributed by atoms with van der Waals surface area (Å²) in [7, 11) is 0. The van der Waals surface area contributed by atoms with E-state index >= 15 is 0 Å². The van der Waals surface area contributed by atoms with Gasteiger partial charge in [0.25, 0.3) is 0 Å². The van der Waals surface area contributed by atoms with Crippen molar-refractivity contribution in [2.45, 2.75) is 20.8 Å². The van der Waals surface area contributed by atoms with Crippen molar-refractivity contribution in [1.82, 2.24) is 14.6 Å². The van der Waals surface area contributed by atoms with Crippen LogP contribution in [0.2, 0.25) is 0 Å². The lowest BCUT2D eigenvalue weighted by Gasteiger charge is -1.98. The Hall–Kier alpha value is -1.58. The van der Waals surface area contributed by atoms with Crippen LogP contribution >= 0.6 is 0 Å². The highest BCUT2D eigenvalue weighted by atomic mass is 15.3. The van der Waals surface area contributed by atoms with Crippen LogP contribution in [0.5, 0.6) is 0 Å². The Morgan fingerprint density at radius 3 is 2.77 bits per heavy atom. The monoisotopic (exact) mass is 178 g/mol. The molecule has 13 heavy (non-hydrogen) atoms. The molecule has 2 rings (SSSR count). The summed E-state index contributed by atoms with van der Waals surface area (Å²) in [5.41, 5.74) is 7.37. The van der Waals surface area contributed by atoms with Crippen LogP contribution in [0, 0.1) is 6.92 Å². The molecule has 0 atom stereocenters. The minimum atomic E-state index is 0.623. The van der Waals surface area contributed by atoms with Crippen molar-refractivity contribution in [3.8, 4) is 0 Å². The smallest absolute Gasteiger partial charge is 0.157 e. The quantitative estimate of drug-likeness (QED) is 0.667. The standard InChI is InChI=1S/C7H8N4.C2H6/c1-5-4-6(8)11-7(10-5)2-3-9-11;1-2/h2-4H,8H2,1H3;1-2H3. The number of nitrogens with two attached hydrogens (primary N) is 1. The molecule has 0 unspecified atom stereocenters. The Labute approximate surface area is 77.4 Å². The maximum atomic E-state index is 5.66. The van der Waals surface area contributed by atoms with E-state index < -0.39 is 0 Å². The molecule has 4 heteroatoms. The summed E-state index contributed by atoms with van der Waals surface area (Å²) >= 11 is 0. The molecule has 0 bridgehead atoms. The van der Waals surface area contributed by atoms with Crippen molar-refractivity contribution >= 4 is 11.5 Å². The fraction of sp³-hybridized carbons (Fsp3) is 0.333. The molecule has 0 radical (unpaired) electrons. The van der Waals surface area contributed by atoms with E-state index in [0.29, 0.717) is 5.82 Å². The van der Waals surface area contributed by atoms with Gasteiger partial charge < -0.3 is 5.73 Å². The van der Waals surface area contributed by atoms with Gasteiger partial charge in [-0.15, -0.1) is 0 Å². The van der Waals surface area contributed by atoms with E-state index in [2.05, 4.69) is 10.1 Å². The Morgan fingerprint density at radius 1 is 1.38 bits per heavy atom. The second kappa shape index (κ2) is 3.89. The van der Waals surface area contributed by atoms with Crippen LogP contribution in [0.3, 0.4) is 0 Å². The molecule has 4 nitrogen and oxygen atoms in total. The van der Waals surface area contributed by atoms with E-state index in [1.807, 2.05) is 26.8 Å². The Bertz CT molecular complexity index is 391. The molecular formula is C9H14N4. The molecule has 2 N–H and O–H groups in total. The SMILES string of the molecule is CC.Cc1cc(N)n2nccc2n1. The van der Waals surface area contributed by atoms with Gasteiger partial charge in [0, 0.05) is 17.8 Å². The fourth-order valence-electron chi connectivity index (χ4n) is 1.07. The van der Waals surface area contributed by atoms with Gasteiger partial charge in [0.05, 0.1) is 6.20 Å². The average molecular weight is 178 g/mol. The molecule has 0 amide bonds. The van der Waals surface area contributed by atoms with E-state index in [1.165, 1.54) is 0 Å². The van der Waals surface area contributed by atoms with Gasteiger partial charge in [-0.25, -0.2) is 4.98 Å². The molecule has 0 fully saturated rings. The third-order valence-electron chi connectivity index (χ3n) is 1.51. The molecule has 0 aliphatic rings. The van der Waals surface area contributed by atoms with Crippen molar-refractivity contribution in [3.05, 3.63) is 24.0 Å². The Balaban J connectivity index is 0.000000396. The molecule has 0 aliphatic heterocycles. The Morgan fingerprint density at radius 2 is 2.08 bits per heavy atom. The molecule has 0 spiro atoms. The number of nitrogens with zero attached hydrogens (tertiary/aromatic N) is 3.